The van der Waals surface area contributed by atoms with E-state index in [1.54, 1.807) is 18.0 Å². The van der Waals surface area contributed by atoms with Gasteiger partial charge in [-0.2, -0.15) is 15.2 Å². The minimum atomic E-state index is -2.54. The topological polar surface area (TPSA) is 102 Å². The SMILES string of the molecule is C=C(F)C(=O)N1CCN(c2nc(OCC3S[C@]3(C)N(C)CC3CC(F)(F)C3)nc3c2CCN(c2cncc4cccc(C)c24)C3)C=C1CC#N. The maximum absolute atomic E-state index is 13.9. The fourth-order valence-electron chi connectivity index (χ4n) is 7.38. The summed E-state index contributed by atoms with van der Waals surface area (Å²) in [6, 6.07) is 8.45. The number of amides is 1. The van der Waals surface area contributed by atoms with Crippen LogP contribution in [0.5, 0.6) is 6.01 Å². The molecule has 1 amide bonds. The van der Waals surface area contributed by atoms with Gasteiger partial charge in [0.25, 0.3) is 5.91 Å². The Morgan fingerprint density at radius 2 is 2.02 bits per heavy atom. The van der Waals surface area contributed by atoms with Gasteiger partial charge in [0.2, 0.25) is 5.92 Å². The van der Waals surface area contributed by atoms with E-state index < -0.39 is 17.7 Å². The minimum Gasteiger partial charge on any atom is -0.462 e. The highest BCUT2D eigenvalue weighted by atomic mass is 32.2. The van der Waals surface area contributed by atoms with Crippen LogP contribution in [0.4, 0.5) is 24.7 Å². The fraction of sp³-hybridized carbons (Fsp3) is 0.472. The molecule has 2 aromatic heterocycles. The summed E-state index contributed by atoms with van der Waals surface area (Å²) in [4.78, 5) is 34.2. The molecule has 0 spiro atoms. The zero-order chi connectivity index (χ0) is 35.4. The molecule has 1 unspecified atom stereocenters. The summed E-state index contributed by atoms with van der Waals surface area (Å²) in [5, 5.41) is 11.8. The molecular weight excluding hydrogens is 666 g/mol. The highest BCUT2D eigenvalue weighted by Gasteiger charge is 2.56. The van der Waals surface area contributed by atoms with E-state index in [4.69, 9.17) is 14.7 Å². The third kappa shape index (κ3) is 6.49. The molecule has 4 aliphatic rings. The number of allylic oxidation sites excluding steroid dienone is 1. The van der Waals surface area contributed by atoms with Gasteiger partial charge in [0, 0.05) is 67.8 Å². The number of anilines is 2. The smallest absolute Gasteiger partial charge is 0.318 e. The zero-order valence-electron chi connectivity index (χ0n) is 28.3. The number of carbonyl (C=O) groups is 1. The molecule has 7 rings (SSSR count). The van der Waals surface area contributed by atoms with Crippen LogP contribution in [0.3, 0.4) is 0 Å². The molecule has 5 heterocycles. The summed E-state index contributed by atoms with van der Waals surface area (Å²) in [5.74, 6) is -3.89. The van der Waals surface area contributed by atoms with Gasteiger partial charge in [-0.05, 0) is 38.8 Å². The van der Waals surface area contributed by atoms with Crippen molar-refractivity contribution < 1.29 is 22.7 Å². The maximum atomic E-state index is 13.9. The quantitative estimate of drug-likeness (QED) is 0.185. The van der Waals surface area contributed by atoms with Crippen molar-refractivity contribution in [1.29, 1.82) is 5.26 Å². The van der Waals surface area contributed by atoms with E-state index >= 15 is 0 Å². The number of rotatable bonds is 10. The molecule has 0 bridgehead atoms. The lowest BCUT2D eigenvalue weighted by Gasteiger charge is -2.38. The number of alkyl halides is 2. The monoisotopic (exact) mass is 704 g/mol. The van der Waals surface area contributed by atoms with Gasteiger partial charge in [-0.3, -0.25) is 14.7 Å². The van der Waals surface area contributed by atoms with Gasteiger partial charge in [-0.15, -0.1) is 11.8 Å². The third-order valence-corrected chi connectivity index (χ3v) is 12.0. The Kier molecular flexibility index (Phi) is 8.92. The van der Waals surface area contributed by atoms with Crippen molar-refractivity contribution in [3.8, 4) is 12.1 Å². The van der Waals surface area contributed by atoms with Crippen molar-refractivity contribution in [2.24, 2.45) is 5.92 Å². The van der Waals surface area contributed by atoms with Crippen LogP contribution in [0.1, 0.15) is 43.0 Å². The van der Waals surface area contributed by atoms with Gasteiger partial charge >= 0.3 is 6.01 Å². The van der Waals surface area contributed by atoms with Crippen molar-refractivity contribution in [3.05, 3.63) is 71.7 Å². The number of benzene rings is 1. The largest absolute Gasteiger partial charge is 0.462 e. The highest BCUT2D eigenvalue weighted by molar-refractivity contribution is 8.08. The number of hydrogen-bond donors (Lipinski definition) is 0. The van der Waals surface area contributed by atoms with E-state index in [1.165, 1.54) is 4.90 Å². The summed E-state index contributed by atoms with van der Waals surface area (Å²) in [5.41, 5.74) is 4.24. The number of nitriles is 1. The number of pyridine rings is 1. The fourth-order valence-corrected chi connectivity index (χ4v) is 8.53. The summed E-state index contributed by atoms with van der Waals surface area (Å²) in [6.07, 6.45) is 5.83. The molecule has 1 aliphatic carbocycles. The number of thioether (sulfide) groups is 1. The van der Waals surface area contributed by atoms with Gasteiger partial charge < -0.3 is 19.4 Å². The van der Waals surface area contributed by atoms with Gasteiger partial charge in [0.1, 0.15) is 12.4 Å². The Morgan fingerprint density at radius 1 is 1.22 bits per heavy atom. The van der Waals surface area contributed by atoms with Crippen LogP contribution in [0.15, 0.2) is 54.9 Å². The molecule has 14 heteroatoms. The minimum absolute atomic E-state index is 0.0116. The summed E-state index contributed by atoms with van der Waals surface area (Å²) >= 11 is 1.73. The molecule has 1 saturated heterocycles. The summed E-state index contributed by atoms with van der Waals surface area (Å²) < 4.78 is 47.1. The van der Waals surface area contributed by atoms with Crippen molar-refractivity contribution in [3.63, 3.8) is 0 Å². The predicted octanol–water partition coefficient (Wildman–Crippen LogP) is 5.97. The Balaban J connectivity index is 1.17. The number of fused-ring (bicyclic) bond motifs is 2. The number of aromatic nitrogens is 3. The van der Waals surface area contributed by atoms with Gasteiger partial charge in [0.05, 0.1) is 52.4 Å². The Morgan fingerprint density at radius 3 is 2.76 bits per heavy atom. The molecule has 1 saturated carbocycles. The van der Waals surface area contributed by atoms with Crippen molar-refractivity contribution in [2.45, 2.75) is 62.1 Å². The number of carbonyl (C=O) groups excluding carboxylic acids is 1. The molecule has 3 aromatic rings. The predicted molar refractivity (Wildman–Crippen MR) is 186 cm³/mol. The highest BCUT2D eigenvalue weighted by Crippen LogP contribution is 2.56. The van der Waals surface area contributed by atoms with Crippen LogP contribution in [0.2, 0.25) is 0 Å². The maximum Gasteiger partial charge on any atom is 0.318 e. The third-order valence-electron chi connectivity index (χ3n) is 10.3. The molecule has 3 aliphatic heterocycles. The number of halogens is 3. The molecule has 2 fully saturated rings. The second-order valence-corrected chi connectivity index (χ2v) is 15.4. The molecule has 1 aromatic carbocycles. The summed E-state index contributed by atoms with van der Waals surface area (Å²) in [7, 11) is 1.98. The van der Waals surface area contributed by atoms with Crippen LogP contribution in [-0.2, 0) is 17.8 Å². The number of aryl methyl sites for hydroxylation is 1. The lowest BCUT2D eigenvalue weighted by atomic mass is 9.81. The van der Waals surface area contributed by atoms with Crippen LogP contribution >= 0.6 is 11.8 Å². The molecule has 0 N–H and O–H groups in total. The second-order valence-electron chi connectivity index (χ2n) is 13.8. The van der Waals surface area contributed by atoms with Crippen molar-refractivity contribution >= 4 is 39.9 Å². The number of nitrogens with zero attached hydrogens (tertiary/aromatic N) is 8. The van der Waals surface area contributed by atoms with Gasteiger partial charge in [0.15, 0.2) is 5.83 Å². The van der Waals surface area contributed by atoms with Crippen LogP contribution in [0.25, 0.3) is 10.8 Å². The van der Waals surface area contributed by atoms with Gasteiger partial charge in [-0.1, -0.05) is 24.8 Å². The van der Waals surface area contributed by atoms with Crippen molar-refractivity contribution in [1.82, 2.24) is 24.8 Å². The van der Waals surface area contributed by atoms with Crippen molar-refractivity contribution in [2.75, 3.05) is 49.6 Å². The van der Waals surface area contributed by atoms with Crippen LogP contribution in [-0.4, -0.2) is 86.5 Å². The van der Waals surface area contributed by atoms with E-state index in [9.17, 15) is 23.2 Å². The summed E-state index contributed by atoms with van der Waals surface area (Å²) in [6.45, 7) is 9.91. The van der Waals surface area contributed by atoms with Crippen LogP contribution < -0.4 is 14.5 Å². The average molecular weight is 705 g/mol. The average Bonchev–Trinajstić information content (AvgIpc) is 3.76. The first kappa shape index (κ1) is 34.1. The second kappa shape index (κ2) is 13.1. The molecule has 2 atom stereocenters. The Bertz CT molecular complexity index is 1920. The first-order chi connectivity index (χ1) is 23.9. The molecule has 50 heavy (non-hydrogen) atoms. The van der Waals surface area contributed by atoms with E-state index in [0.29, 0.717) is 50.7 Å². The molecule has 10 nitrogen and oxygen atoms in total. The Hall–Kier alpha value is -4.35. The standard InChI is InChI=1S/C36H39F3N8O2S/c1-22-6-5-7-25-16-41-17-29(31(22)25)45-11-9-27-28(20-45)42-34(49-21-30-35(3,50-30)44(4)18-24-14-36(38,39)15-24)43-32(27)46-12-13-47(33(48)23(2)37)26(19-46)8-10-40/h5-7,16-17,19,24,30H,2,8-9,11-15,18,20-21H2,1,3-4H3/t30?,35-/m0/s1. The van der Waals surface area contributed by atoms with E-state index in [1.807, 2.05) is 30.4 Å². The molecular formula is C36H39F3N8O2S. The first-order valence-corrected chi connectivity index (χ1v) is 17.6. The number of hydrogen-bond acceptors (Lipinski definition) is 10. The normalized spacial score (nSPS) is 22.9. The van der Waals surface area contributed by atoms with E-state index in [2.05, 4.69) is 53.4 Å². The van der Waals surface area contributed by atoms with Crippen LogP contribution in [0, 0.1) is 24.2 Å². The lowest BCUT2D eigenvalue weighted by Crippen LogP contribution is -2.45. The number of ether oxygens (including phenoxy) is 1. The first-order valence-electron chi connectivity index (χ1n) is 16.7. The molecule has 262 valence electrons. The Labute approximate surface area is 293 Å². The lowest BCUT2D eigenvalue weighted by molar-refractivity contribution is -0.127. The molecule has 0 radical (unpaired) electrons. The van der Waals surface area contributed by atoms with E-state index in [0.717, 1.165) is 33.3 Å². The van der Waals surface area contributed by atoms with E-state index in [-0.39, 0.29) is 47.9 Å². The zero-order valence-corrected chi connectivity index (χ0v) is 29.1. The van der Waals surface area contributed by atoms with Gasteiger partial charge in [-0.25, -0.2) is 13.2 Å².